The number of hydrogen-bond donors (Lipinski definition) is 2. The summed E-state index contributed by atoms with van der Waals surface area (Å²) in [4.78, 5) is 15.3. The third-order valence-corrected chi connectivity index (χ3v) is 3.44. The molecule has 6 heteroatoms. The van der Waals surface area contributed by atoms with E-state index in [0.29, 0.717) is 24.8 Å². The topological polar surface area (TPSA) is 85.9 Å². The fourth-order valence-electron chi connectivity index (χ4n) is 1.90. The number of hydrogen-bond acceptors (Lipinski definition) is 5. The number of carbonyl (C=O) groups is 1. The summed E-state index contributed by atoms with van der Waals surface area (Å²) in [6, 6.07) is 0. The minimum absolute atomic E-state index is 0.379. The molecule has 28 heavy (non-hydrogen) atoms. The third-order valence-electron chi connectivity index (χ3n) is 3.44. The van der Waals surface area contributed by atoms with E-state index in [1.807, 2.05) is 12.2 Å². The number of carbonyl (C=O) groups excluding carboxylic acids is 1. The minimum Gasteiger partial charge on any atom is -0.493 e. The average Bonchev–Trinajstić information content (AvgIpc) is 2.70. The normalized spacial score (nSPS) is 12.7. The standard InChI is InChI=1S/C19H31N3O3.C3H4/c1-5-8-17(10-11-19(23)24-4)25-15-16(6-2)12-14-22-18(21-3)9-7-13-20;1-3-2/h5,7-11,16H,1,6,12-15,20H2,2-4H3,(H,21,22);1H,2H3/b9-7-,11-10+,17-8+;. The molecule has 0 aromatic rings. The molecule has 0 aliphatic rings. The molecule has 0 radical (unpaired) electrons. The van der Waals surface area contributed by atoms with Gasteiger partial charge in [0.05, 0.1) is 13.7 Å². The van der Waals surface area contributed by atoms with Gasteiger partial charge < -0.3 is 20.5 Å². The lowest BCUT2D eigenvalue weighted by molar-refractivity contribution is -0.134. The number of nitrogens with one attached hydrogen (secondary N) is 1. The van der Waals surface area contributed by atoms with Crippen molar-refractivity contribution in [3.63, 3.8) is 0 Å². The van der Waals surface area contributed by atoms with Gasteiger partial charge in [0.25, 0.3) is 0 Å². The van der Waals surface area contributed by atoms with Crippen molar-refractivity contribution in [3.8, 4) is 12.3 Å². The first-order chi connectivity index (χ1) is 13.5. The molecule has 0 bridgehead atoms. The van der Waals surface area contributed by atoms with E-state index in [4.69, 9.17) is 10.5 Å². The van der Waals surface area contributed by atoms with Gasteiger partial charge in [-0.2, -0.15) is 0 Å². The van der Waals surface area contributed by atoms with Crippen LogP contribution in [-0.4, -0.2) is 45.7 Å². The van der Waals surface area contributed by atoms with Gasteiger partial charge in [-0.1, -0.05) is 25.7 Å². The van der Waals surface area contributed by atoms with E-state index < -0.39 is 5.97 Å². The Morgan fingerprint density at radius 1 is 1.39 bits per heavy atom. The zero-order valence-electron chi connectivity index (χ0n) is 17.6. The Kier molecular flexibility index (Phi) is 20.1. The van der Waals surface area contributed by atoms with Crippen LogP contribution in [0.4, 0.5) is 0 Å². The van der Waals surface area contributed by atoms with E-state index in [9.17, 15) is 4.79 Å². The summed E-state index contributed by atoms with van der Waals surface area (Å²) < 4.78 is 10.4. The molecule has 0 fully saturated rings. The van der Waals surface area contributed by atoms with Crippen molar-refractivity contribution in [3.05, 3.63) is 48.8 Å². The summed E-state index contributed by atoms with van der Waals surface area (Å²) in [7, 11) is 3.07. The largest absolute Gasteiger partial charge is 0.493 e. The summed E-state index contributed by atoms with van der Waals surface area (Å²) in [5, 5.41) is 3.28. The number of ether oxygens (including phenoxy) is 2. The lowest BCUT2D eigenvalue weighted by Gasteiger charge is -2.17. The Balaban J connectivity index is 0. The van der Waals surface area contributed by atoms with Crippen molar-refractivity contribution in [2.24, 2.45) is 16.6 Å². The van der Waals surface area contributed by atoms with Crippen molar-refractivity contribution < 1.29 is 14.3 Å². The van der Waals surface area contributed by atoms with Crippen LogP contribution in [0.25, 0.3) is 0 Å². The molecule has 0 aromatic carbocycles. The van der Waals surface area contributed by atoms with Gasteiger partial charge in [0.2, 0.25) is 0 Å². The lowest BCUT2D eigenvalue weighted by Crippen LogP contribution is -2.25. The van der Waals surface area contributed by atoms with Crippen LogP contribution in [0, 0.1) is 18.3 Å². The molecule has 0 saturated carbocycles. The zero-order chi connectivity index (χ0) is 21.6. The van der Waals surface area contributed by atoms with Crippen LogP contribution >= 0.6 is 0 Å². The van der Waals surface area contributed by atoms with Crippen LogP contribution in [0.3, 0.4) is 0 Å². The number of aliphatic imine (C=N–C) groups is 1. The first-order valence-corrected chi connectivity index (χ1v) is 9.18. The molecule has 156 valence electrons. The lowest BCUT2D eigenvalue weighted by atomic mass is 10.0. The number of terminal acetylenes is 1. The quantitative estimate of drug-likeness (QED) is 0.102. The van der Waals surface area contributed by atoms with Crippen LogP contribution in [0.5, 0.6) is 0 Å². The molecule has 0 saturated heterocycles. The second-order valence-corrected chi connectivity index (χ2v) is 5.50. The van der Waals surface area contributed by atoms with Gasteiger partial charge in [-0.05, 0) is 43.9 Å². The number of rotatable bonds is 12. The predicted octanol–water partition coefficient (Wildman–Crippen LogP) is 2.99. The predicted molar refractivity (Wildman–Crippen MR) is 118 cm³/mol. The molecule has 0 heterocycles. The van der Waals surface area contributed by atoms with E-state index in [2.05, 4.69) is 40.9 Å². The molecule has 3 N–H and O–H groups in total. The van der Waals surface area contributed by atoms with Crippen LogP contribution < -0.4 is 11.1 Å². The maximum absolute atomic E-state index is 11.2. The molecule has 6 nitrogen and oxygen atoms in total. The Labute approximate surface area is 170 Å². The van der Waals surface area contributed by atoms with Gasteiger partial charge >= 0.3 is 5.97 Å². The molecule has 1 unspecified atom stereocenters. The van der Waals surface area contributed by atoms with E-state index in [1.54, 1.807) is 32.2 Å². The summed E-state index contributed by atoms with van der Waals surface area (Å²) in [5.41, 5.74) is 5.44. The smallest absolute Gasteiger partial charge is 0.330 e. The highest BCUT2D eigenvalue weighted by molar-refractivity contribution is 5.92. The highest BCUT2D eigenvalue weighted by Gasteiger charge is 2.08. The highest BCUT2D eigenvalue weighted by Crippen LogP contribution is 2.11. The van der Waals surface area contributed by atoms with Gasteiger partial charge in [-0.3, -0.25) is 4.99 Å². The Hall–Kier alpha value is -2.78. The van der Waals surface area contributed by atoms with Crippen LogP contribution in [0.15, 0.2) is 53.8 Å². The van der Waals surface area contributed by atoms with Crippen molar-refractivity contribution in [1.29, 1.82) is 0 Å². The highest BCUT2D eigenvalue weighted by atomic mass is 16.5. The minimum atomic E-state index is -0.424. The monoisotopic (exact) mass is 389 g/mol. The molecule has 0 amide bonds. The third kappa shape index (κ3) is 16.7. The fraction of sp³-hybridized carbons (Fsp3) is 0.455. The number of nitrogens with zero attached hydrogens (tertiary/aromatic N) is 1. The van der Waals surface area contributed by atoms with Crippen molar-refractivity contribution in [2.75, 3.05) is 33.9 Å². The van der Waals surface area contributed by atoms with Crippen LogP contribution in [-0.2, 0) is 14.3 Å². The Morgan fingerprint density at radius 3 is 2.57 bits per heavy atom. The van der Waals surface area contributed by atoms with E-state index in [-0.39, 0.29) is 0 Å². The SMILES string of the molecule is C#CC.C=C/C=C(\C=C\C(=O)OC)OCC(CC)CCNC(/C=C\CN)=NC. The first kappa shape index (κ1) is 27.4. The second kappa shape index (κ2) is 20.5. The molecule has 0 aliphatic heterocycles. The number of methoxy groups -OCH3 is 1. The summed E-state index contributed by atoms with van der Waals surface area (Å²) in [6.07, 6.45) is 16.5. The fourth-order valence-corrected chi connectivity index (χ4v) is 1.90. The van der Waals surface area contributed by atoms with Crippen molar-refractivity contribution >= 4 is 11.8 Å². The maximum atomic E-state index is 11.2. The zero-order valence-corrected chi connectivity index (χ0v) is 17.6. The molecule has 0 aromatic heterocycles. The summed E-state index contributed by atoms with van der Waals surface area (Å²) in [6.45, 7) is 9.27. The Morgan fingerprint density at radius 2 is 2.07 bits per heavy atom. The number of esters is 1. The second-order valence-electron chi connectivity index (χ2n) is 5.50. The van der Waals surface area contributed by atoms with E-state index in [1.165, 1.54) is 13.2 Å². The Bertz CT molecular complexity index is 584. The van der Waals surface area contributed by atoms with Crippen molar-refractivity contribution in [1.82, 2.24) is 5.32 Å². The van der Waals surface area contributed by atoms with Crippen LogP contribution in [0.2, 0.25) is 0 Å². The van der Waals surface area contributed by atoms with Gasteiger partial charge in [0.1, 0.15) is 11.6 Å². The molecular formula is C22H35N3O3. The van der Waals surface area contributed by atoms with E-state index in [0.717, 1.165) is 25.2 Å². The number of nitrogens with two attached hydrogens (primary N) is 1. The van der Waals surface area contributed by atoms with Gasteiger partial charge in [0, 0.05) is 26.2 Å². The molecule has 1 atom stereocenters. The van der Waals surface area contributed by atoms with Gasteiger partial charge in [-0.25, -0.2) is 4.79 Å². The van der Waals surface area contributed by atoms with Crippen molar-refractivity contribution in [2.45, 2.75) is 26.7 Å². The maximum Gasteiger partial charge on any atom is 0.330 e. The summed E-state index contributed by atoms with van der Waals surface area (Å²) in [5.74, 6) is 3.60. The average molecular weight is 390 g/mol. The molecule has 0 rings (SSSR count). The molecular weight excluding hydrogens is 354 g/mol. The molecule has 0 spiro atoms. The van der Waals surface area contributed by atoms with Crippen LogP contribution in [0.1, 0.15) is 26.7 Å². The summed E-state index contributed by atoms with van der Waals surface area (Å²) >= 11 is 0. The first-order valence-electron chi connectivity index (χ1n) is 9.18. The van der Waals surface area contributed by atoms with Gasteiger partial charge in [-0.15, -0.1) is 12.3 Å². The number of allylic oxidation sites excluding steroid dienone is 3. The van der Waals surface area contributed by atoms with E-state index >= 15 is 0 Å². The number of amidine groups is 1. The molecule has 0 aliphatic carbocycles. The van der Waals surface area contributed by atoms with Gasteiger partial charge in [0.15, 0.2) is 0 Å².